The highest BCUT2D eigenvalue weighted by atomic mass is 32.2. The number of hydrogen-bond donors (Lipinski definition) is 1. The number of rotatable bonds is 8. The first-order chi connectivity index (χ1) is 8.24. The first kappa shape index (κ1) is 17.4. The molecule has 0 rings (SSSR count). The van der Waals surface area contributed by atoms with Crippen LogP contribution in [0.4, 0.5) is 0 Å². The van der Waals surface area contributed by atoms with Gasteiger partial charge in [0.05, 0.1) is 5.25 Å². The topological polar surface area (TPSA) is 66.5 Å². The van der Waals surface area contributed by atoms with E-state index in [1.165, 1.54) is 4.90 Å². The molecule has 6 heteroatoms. The molecule has 1 atom stereocenters. The zero-order valence-electron chi connectivity index (χ0n) is 12.1. The summed E-state index contributed by atoms with van der Waals surface area (Å²) < 4.78 is 23.9. The number of carbonyl (C=O) groups excluding carboxylic acids is 1. The summed E-state index contributed by atoms with van der Waals surface area (Å²) >= 11 is 0. The zero-order chi connectivity index (χ0) is 14.3. The summed E-state index contributed by atoms with van der Waals surface area (Å²) in [5.74, 6) is -0.782. The molecule has 0 saturated heterocycles. The first-order valence-electron chi connectivity index (χ1n) is 6.39. The van der Waals surface area contributed by atoms with E-state index in [9.17, 15) is 13.2 Å². The average Bonchev–Trinajstić information content (AvgIpc) is 2.29. The molecule has 0 aromatic carbocycles. The summed E-state index contributed by atoms with van der Waals surface area (Å²) in [4.78, 5) is 12.7. The Balaban J connectivity index is 4.39. The molecule has 0 bridgehead atoms. The molecule has 0 radical (unpaired) electrons. The Bertz CT molecular complexity index is 348. The maximum Gasteiger partial charge on any atom is 0.237 e. The highest BCUT2D eigenvalue weighted by Gasteiger charge is 2.25. The molecule has 0 fully saturated rings. The van der Waals surface area contributed by atoms with Crippen LogP contribution in [0.3, 0.4) is 0 Å². The Labute approximate surface area is 111 Å². The standard InChI is InChI=1S/C12H26N2O3S/c1-6-11(7-2)13-8-10(3)18(16,17)9-12(15)14(4)5/h10-11,13H,6-9H2,1-5H3. The van der Waals surface area contributed by atoms with Gasteiger partial charge in [-0.2, -0.15) is 0 Å². The van der Waals surface area contributed by atoms with Crippen LogP contribution >= 0.6 is 0 Å². The van der Waals surface area contributed by atoms with Gasteiger partial charge in [-0.05, 0) is 19.8 Å². The molecular formula is C12H26N2O3S. The lowest BCUT2D eigenvalue weighted by Gasteiger charge is -2.19. The number of nitrogens with zero attached hydrogens (tertiary/aromatic N) is 1. The molecule has 0 aliphatic carbocycles. The fourth-order valence-corrected chi connectivity index (χ4v) is 2.72. The number of amides is 1. The maximum absolute atomic E-state index is 11.9. The van der Waals surface area contributed by atoms with E-state index in [1.807, 2.05) is 0 Å². The van der Waals surface area contributed by atoms with E-state index < -0.39 is 20.8 Å². The lowest BCUT2D eigenvalue weighted by Crippen LogP contribution is -2.40. The normalized spacial score (nSPS) is 13.7. The predicted octanol–water partition coefficient (Wildman–Crippen LogP) is 0.656. The Kier molecular flexibility index (Phi) is 7.47. The van der Waals surface area contributed by atoms with Gasteiger partial charge < -0.3 is 10.2 Å². The molecule has 0 aliphatic heterocycles. The summed E-state index contributed by atoms with van der Waals surface area (Å²) in [7, 11) is -0.249. The van der Waals surface area contributed by atoms with Crippen molar-refractivity contribution in [1.29, 1.82) is 0 Å². The fourth-order valence-electron chi connectivity index (χ4n) is 1.48. The molecule has 0 heterocycles. The first-order valence-corrected chi connectivity index (χ1v) is 8.11. The highest BCUT2D eigenvalue weighted by Crippen LogP contribution is 2.04. The number of carbonyl (C=O) groups is 1. The van der Waals surface area contributed by atoms with Crippen LogP contribution in [0.5, 0.6) is 0 Å². The van der Waals surface area contributed by atoms with Crippen molar-refractivity contribution in [2.24, 2.45) is 0 Å². The van der Waals surface area contributed by atoms with Crippen molar-refractivity contribution in [3.63, 3.8) is 0 Å². The molecule has 1 amide bonds. The molecule has 0 saturated carbocycles. The maximum atomic E-state index is 11.9. The minimum Gasteiger partial charge on any atom is -0.348 e. The molecule has 1 unspecified atom stereocenters. The predicted molar refractivity (Wildman–Crippen MR) is 74.3 cm³/mol. The summed E-state index contributed by atoms with van der Waals surface area (Å²) in [6.45, 7) is 6.18. The van der Waals surface area contributed by atoms with Gasteiger partial charge in [0, 0.05) is 26.7 Å². The molecule has 108 valence electrons. The Hall–Kier alpha value is -0.620. The largest absolute Gasteiger partial charge is 0.348 e. The minimum atomic E-state index is -3.37. The van der Waals surface area contributed by atoms with E-state index in [-0.39, 0.29) is 5.91 Å². The van der Waals surface area contributed by atoms with Crippen LogP contribution in [0.15, 0.2) is 0 Å². The van der Waals surface area contributed by atoms with Crippen LogP contribution < -0.4 is 5.32 Å². The van der Waals surface area contributed by atoms with Gasteiger partial charge >= 0.3 is 0 Å². The molecule has 5 nitrogen and oxygen atoms in total. The van der Waals surface area contributed by atoms with Crippen molar-refractivity contribution in [2.45, 2.75) is 44.9 Å². The van der Waals surface area contributed by atoms with Crippen molar-refractivity contribution in [3.05, 3.63) is 0 Å². The summed E-state index contributed by atoms with van der Waals surface area (Å²) in [5, 5.41) is 2.68. The van der Waals surface area contributed by atoms with Crippen LogP contribution in [0.2, 0.25) is 0 Å². The van der Waals surface area contributed by atoms with Gasteiger partial charge in [-0.25, -0.2) is 8.42 Å². The van der Waals surface area contributed by atoms with E-state index in [1.54, 1.807) is 21.0 Å². The van der Waals surface area contributed by atoms with E-state index in [0.29, 0.717) is 12.6 Å². The van der Waals surface area contributed by atoms with Crippen LogP contribution in [-0.4, -0.2) is 56.9 Å². The SMILES string of the molecule is CCC(CC)NCC(C)S(=O)(=O)CC(=O)N(C)C. The monoisotopic (exact) mass is 278 g/mol. The molecule has 1 N–H and O–H groups in total. The molecule has 0 aromatic heterocycles. The Morgan fingerprint density at radius 1 is 1.22 bits per heavy atom. The summed E-state index contributed by atoms with van der Waals surface area (Å²) in [5.41, 5.74) is 0. The van der Waals surface area contributed by atoms with Crippen LogP contribution in [0.1, 0.15) is 33.6 Å². The summed E-state index contributed by atoms with van der Waals surface area (Å²) in [6, 6.07) is 0.340. The Morgan fingerprint density at radius 2 is 1.72 bits per heavy atom. The lowest BCUT2D eigenvalue weighted by atomic mass is 10.2. The molecular weight excluding hydrogens is 252 g/mol. The van der Waals surface area contributed by atoms with E-state index in [0.717, 1.165) is 12.8 Å². The quantitative estimate of drug-likeness (QED) is 0.708. The molecule has 18 heavy (non-hydrogen) atoms. The lowest BCUT2D eigenvalue weighted by molar-refractivity contribution is -0.125. The summed E-state index contributed by atoms with van der Waals surface area (Å²) in [6.07, 6.45) is 1.94. The third-order valence-electron chi connectivity index (χ3n) is 3.12. The van der Waals surface area contributed by atoms with Crippen LogP contribution in [0, 0.1) is 0 Å². The van der Waals surface area contributed by atoms with Crippen LogP contribution in [-0.2, 0) is 14.6 Å². The minimum absolute atomic E-state index is 0.340. The average molecular weight is 278 g/mol. The van der Waals surface area contributed by atoms with Gasteiger partial charge in [-0.1, -0.05) is 13.8 Å². The zero-order valence-corrected chi connectivity index (χ0v) is 12.9. The Morgan fingerprint density at radius 3 is 2.11 bits per heavy atom. The molecule has 0 aliphatic rings. The van der Waals surface area contributed by atoms with Crippen molar-refractivity contribution < 1.29 is 13.2 Å². The van der Waals surface area contributed by atoms with Gasteiger partial charge in [0.1, 0.15) is 5.75 Å². The highest BCUT2D eigenvalue weighted by molar-refractivity contribution is 7.92. The molecule has 0 spiro atoms. The molecule has 0 aromatic rings. The second-order valence-electron chi connectivity index (χ2n) is 4.83. The second-order valence-corrected chi connectivity index (χ2v) is 7.25. The van der Waals surface area contributed by atoms with Crippen molar-refractivity contribution in [2.75, 3.05) is 26.4 Å². The van der Waals surface area contributed by atoms with E-state index in [4.69, 9.17) is 0 Å². The van der Waals surface area contributed by atoms with E-state index in [2.05, 4.69) is 19.2 Å². The van der Waals surface area contributed by atoms with Gasteiger partial charge in [-0.15, -0.1) is 0 Å². The number of hydrogen-bond acceptors (Lipinski definition) is 4. The van der Waals surface area contributed by atoms with Crippen molar-refractivity contribution in [3.8, 4) is 0 Å². The third-order valence-corrected chi connectivity index (χ3v) is 5.16. The second kappa shape index (κ2) is 7.74. The number of sulfone groups is 1. The smallest absolute Gasteiger partial charge is 0.237 e. The van der Waals surface area contributed by atoms with Gasteiger partial charge in [-0.3, -0.25) is 4.79 Å². The van der Waals surface area contributed by atoms with Crippen molar-refractivity contribution in [1.82, 2.24) is 10.2 Å². The van der Waals surface area contributed by atoms with Gasteiger partial charge in [0.2, 0.25) is 5.91 Å². The number of nitrogens with one attached hydrogen (secondary N) is 1. The van der Waals surface area contributed by atoms with Gasteiger partial charge in [0.25, 0.3) is 0 Å². The third kappa shape index (κ3) is 5.82. The van der Waals surface area contributed by atoms with Crippen LogP contribution in [0.25, 0.3) is 0 Å². The van der Waals surface area contributed by atoms with E-state index >= 15 is 0 Å². The fraction of sp³-hybridized carbons (Fsp3) is 0.917. The van der Waals surface area contributed by atoms with Gasteiger partial charge in [0.15, 0.2) is 9.84 Å². The van der Waals surface area contributed by atoms with Crippen molar-refractivity contribution >= 4 is 15.7 Å².